The average molecular weight is 577 g/mol. The molecule has 1 unspecified atom stereocenters. The monoisotopic (exact) mass is 576 g/mol. The highest BCUT2D eigenvalue weighted by Gasteiger charge is 2.46. The molecule has 1 atom stereocenters. The number of aliphatic hydroxyl groups is 1. The van der Waals surface area contributed by atoms with E-state index in [0.717, 1.165) is 49.5 Å². The Morgan fingerprint density at radius 1 is 1.07 bits per heavy atom. The number of rotatable bonds is 12. The van der Waals surface area contributed by atoms with Gasteiger partial charge in [0.25, 0.3) is 0 Å². The number of aliphatic carboxylic acids is 3. The summed E-state index contributed by atoms with van der Waals surface area (Å²) < 4.78 is 5.50. The maximum Gasteiger partial charge on any atom is 0.336 e. The summed E-state index contributed by atoms with van der Waals surface area (Å²) in [4.78, 5) is 51.7. The fraction of sp³-hybridized carbons (Fsp3) is 0.621. The van der Waals surface area contributed by atoms with E-state index in [-0.39, 0.29) is 12.1 Å². The summed E-state index contributed by atoms with van der Waals surface area (Å²) in [7, 11) is 0. The van der Waals surface area contributed by atoms with Crippen LogP contribution in [0.15, 0.2) is 29.4 Å². The molecule has 4 rings (SSSR count). The van der Waals surface area contributed by atoms with E-state index in [1.54, 1.807) is 0 Å². The van der Waals surface area contributed by atoms with Crippen LogP contribution in [0.2, 0.25) is 0 Å². The lowest BCUT2D eigenvalue weighted by Gasteiger charge is -2.40. The van der Waals surface area contributed by atoms with Crippen LogP contribution in [0, 0.1) is 18.3 Å². The van der Waals surface area contributed by atoms with Crippen molar-refractivity contribution in [2.24, 2.45) is 16.5 Å². The summed E-state index contributed by atoms with van der Waals surface area (Å²) in [6, 6.07) is 8.27. The highest BCUT2D eigenvalue weighted by molar-refractivity contribution is 6.02. The van der Waals surface area contributed by atoms with Crippen LogP contribution in [0.5, 0.6) is 0 Å². The molecule has 0 radical (unpaired) electrons. The molecule has 1 aromatic carbocycles. The molecule has 2 fully saturated rings. The molecule has 41 heavy (non-hydrogen) atoms. The van der Waals surface area contributed by atoms with Gasteiger partial charge in [-0.05, 0) is 64.1 Å². The van der Waals surface area contributed by atoms with Crippen molar-refractivity contribution in [3.63, 3.8) is 0 Å². The Bertz CT molecular complexity index is 1120. The number of ether oxygens (including phenoxy) is 1. The van der Waals surface area contributed by atoms with E-state index in [9.17, 15) is 19.2 Å². The van der Waals surface area contributed by atoms with Crippen LogP contribution in [0.4, 0.5) is 0 Å². The van der Waals surface area contributed by atoms with Crippen molar-refractivity contribution >= 4 is 29.6 Å². The van der Waals surface area contributed by atoms with E-state index >= 15 is 0 Å². The lowest BCUT2D eigenvalue weighted by atomic mass is 9.73. The minimum Gasteiger partial charge on any atom is -0.481 e. The number of nitrogens with zero attached hydrogens (tertiary/aromatic N) is 2. The molecule has 1 saturated heterocycles. The zero-order valence-corrected chi connectivity index (χ0v) is 23.6. The first-order valence-corrected chi connectivity index (χ1v) is 13.9. The van der Waals surface area contributed by atoms with Crippen LogP contribution in [0.25, 0.3) is 0 Å². The Morgan fingerprint density at radius 3 is 2.20 bits per heavy atom. The predicted molar refractivity (Wildman–Crippen MR) is 146 cm³/mol. The fourth-order valence-electron chi connectivity index (χ4n) is 5.35. The lowest BCUT2D eigenvalue weighted by molar-refractivity contribution is -0.170. The van der Waals surface area contributed by atoms with Gasteiger partial charge >= 0.3 is 23.9 Å². The number of hydrogen-bond donors (Lipinski definition) is 4. The Kier molecular flexibility index (Phi) is 10.9. The zero-order valence-electron chi connectivity index (χ0n) is 23.6. The minimum atomic E-state index is -2.74. The lowest BCUT2D eigenvalue weighted by Crippen LogP contribution is -2.47. The molecular formula is C29H40N2O10. The number of benzene rings is 1. The molecule has 1 aromatic rings. The van der Waals surface area contributed by atoms with E-state index in [1.807, 2.05) is 19.1 Å². The third-order valence-electron chi connectivity index (χ3n) is 7.83. The number of piperidine rings is 1. The number of carboxylic acids is 3. The van der Waals surface area contributed by atoms with Crippen molar-refractivity contribution < 1.29 is 49.2 Å². The van der Waals surface area contributed by atoms with Gasteiger partial charge in [0, 0.05) is 24.9 Å². The van der Waals surface area contributed by atoms with Crippen LogP contribution in [0.1, 0.15) is 69.4 Å². The van der Waals surface area contributed by atoms with Gasteiger partial charge in [-0.2, -0.15) is 0 Å². The third kappa shape index (κ3) is 8.99. The van der Waals surface area contributed by atoms with Gasteiger partial charge in [-0.3, -0.25) is 14.4 Å². The molecular weight excluding hydrogens is 536 g/mol. The SMILES string of the molecule is CCOC(=O)C1(CC2CC(c3ccccc3C)=NO2)CCN(CC2CC2)CC1.O=C(O)CC(O)(CC(=O)O)C(=O)O. The number of carboxylic acid groups (broad SMARTS) is 3. The largest absolute Gasteiger partial charge is 0.481 e. The molecule has 2 aliphatic heterocycles. The van der Waals surface area contributed by atoms with Crippen molar-refractivity contribution in [3.8, 4) is 0 Å². The predicted octanol–water partition coefficient (Wildman–Crippen LogP) is 2.68. The first kappa shape index (κ1) is 32.0. The Balaban J connectivity index is 0.000000302. The van der Waals surface area contributed by atoms with Gasteiger partial charge in [0.1, 0.15) is 6.10 Å². The number of carbonyl (C=O) groups excluding carboxylic acids is 1. The van der Waals surface area contributed by atoms with Gasteiger partial charge in [0.15, 0.2) is 5.60 Å². The summed E-state index contributed by atoms with van der Waals surface area (Å²) >= 11 is 0. The number of aryl methyl sites for hydroxylation is 1. The molecule has 4 N–H and O–H groups in total. The number of esters is 1. The molecule has 12 heteroatoms. The van der Waals surface area contributed by atoms with Gasteiger partial charge in [-0.25, -0.2) is 4.79 Å². The first-order valence-electron chi connectivity index (χ1n) is 13.9. The molecule has 2 heterocycles. The van der Waals surface area contributed by atoms with Gasteiger partial charge in [0.2, 0.25) is 0 Å². The van der Waals surface area contributed by atoms with Crippen molar-refractivity contribution in [2.75, 3.05) is 26.2 Å². The van der Waals surface area contributed by atoms with Crippen LogP contribution < -0.4 is 0 Å². The molecule has 0 spiro atoms. The highest BCUT2D eigenvalue weighted by Crippen LogP contribution is 2.41. The minimum absolute atomic E-state index is 0.0472. The second kappa shape index (κ2) is 13.9. The summed E-state index contributed by atoms with van der Waals surface area (Å²) in [5, 5.41) is 38.2. The maximum absolute atomic E-state index is 12.9. The van der Waals surface area contributed by atoms with Crippen molar-refractivity contribution in [1.29, 1.82) is 0 Å². The maximum atomic E-state index is 12.9. The topological polar surface area (TPSA) is 183 Å². The summed E-state index contributed by atoms with van der Waals surface area (Å²) in [5.74, 6) is -4.18. The van der Waals surface area contributed by atoms with Crippen molar-refractivity contribution in [3.05, 3.63) is 35.4 Å². The quantitative estimate of drug-likeness (QED) is 0.268. The van der Waals surface area contributed by atoms with E-state index in [0.29, 0.717) is 13.0 Å². The van der Waals surface area contributed by atoms with E-state index < -0.39 is 41.8 Å². The number of oxime groups is 1. The van der Waals surface area contributed by atoms with Crippen LogP contribution in [-0.2, 0) is 28.8 Å². The molecule has 0 amide bonds. The van der Waals surface area contributed by atoms with E-state index in [1.165, 1.54) is 24.9 Å². The second-order valence-electron chi connectivity index (χ2n) is 11.2. The molecule has 12 nitrogen and oxygen atoms in total. The summed E-state index contributed by atoms with van der Waals surface area (Å²) in [5.41, 5.74) is 0.177. The average Bonchev–Trinajstić information content (AvgIpc) is 3.60. The molecule has 226 valence electrons. The highest BCUT2D eigenvalue weighted by atomic mass is 16.6. The Morgan fingerprint density at radius 2 is 1.68 bits per heavy atom. The van der Waals surface area contributed by atoms with E-state index in [4.69, 9.17) is 30.0 Å². The number of carbonyl (C=O) groups is 4. The molecule has 1 saturated carbocycles. The second-order valence-corrected chi connectivity index (χ2v) is 11.2. The van der Waals surface area contributed by atoms with Gasteiger partial charge in [0.05, 0.1) is 30.6 Å². The van der Waals surface area contributed by atoms with Gasteiger partial charge in [-0.1, -0.05) is 29.4 Å². The molecule has 0 aromatic heterocycles. The molecule has 3 aliphatic rings. The first-order chi connectivity index (χ1) is 19.4. The fourth-order valence-corrected chi connectivity index (χ4v) is 5.35. The van der Waals surface area contributed by atoms with Gasteiger partial charge in [-0.15, -0.1) is 0 Å². The van der Waals surface area contributed by atoms with Crippen LogP contribution in [0.3, 0.4) is 0 Å². The number of likely N-dealkylation sites (tertiary alicyclic amines) is 1. The van der Waals surface area contributed by atoms with Gasteiger partial charge < -0.3 is 34.9 Å². The third-order valence-corrected chi connectivity index (χ3v) is 7.83. The van der Waals surface area contributed by atoms with Crippen LogP contribution >= 0.6 is 0 Å². The smallest absolute Gasteiger partial charge is 0.336 e. The van der Waals surface area contributed by atoms with Crippen molar-refractivity contribution in [2.45, 2.75) is 76.9 Å². The summed E-state index contributed by atoms with van der Waals surface area (Å²) in [6.45, 7) is 7.57. The molecule has 1 aliphatic carbocycles. The Labute approximate surface area is 238 Å². The van der Waals surface area contributed by atoms with Crippen LogP contribution in [-0.4, -0.2) is 92.9 Å². The zero-order chi connectivity index (χ0) is 30.2. The van der Waals surface area contributed by atoms with Crippen molar-refractivity contribution in [1.82, 2.24) is 4.90 Å². The summed E-state index contributed by atoms with van der Waals surface area (Å²) in [6.07, 6.45) is 3.58. The van der Waals surface area contributed by atoms with E-state index in [2.05, 4.69) is 29.1 Å². The normalized spacial score (nSPS) is 20.2. The Hall–Kier alpha value is -3.51. The molecule has 0 bridgehead atoms. The number of hydrogen-bond acceptors (Lipinski definition) is 9. The standard InChI is InChI=1S/C23H32N2O3.C6H8O7/c1-3-27-22(26)23(10-12-25(13-11-23)16-18-8-9-18)15-19-14-21(24-28-19)20-7-5-4-6-17(20)2;7-3(8)1-6(13,5(11)12)2-4(9)10/h4-7,18-19H,3,8-16H2,1-2H3;13H,1-2H2,(H,7,8)(H,9,10)(H,11,12).